The van der Waals surface area contributed by atoms with Gasteiger partial charge in [-0.05, 0) is 13.3 Å². The van der Waals surface area contributed by atoms with Crippen LogP contribution in [0, 0.1) is 0 Å². The van der Waals surface area contributed by atoms with E-state index >= 15 is 0 Å². The highest BCUT2D eigenvalue weighted by atomic mass is 16.8. The molecule has 0 aromatic carbocycles. The molecule has 3 rings (SSSR count). The van der Waals surface area contributed by atoms with Gasteiger partial charge in [0.25, 0.3) is 0 Å². The fourth-order valence-electron chi connectivity index (χ4n) is 7.52. The van der Waals surface area contributed by atoms with Gasteiger partial charge in [0.15, 0.2) is 18.9 Å². The van der Waals surface area contributed by atoms with Crippen molar-refractivity contribution >= 4 is 5.91 Å². The van der Waals surface area contributed by atoms with Crippen LogP contribution in [-0.4, -0.2) is 193 Å². The zero-order valence-electron chi connectivity index (χ0n) is 34.5. The van der Waals surface area contributed by atoms with Crippen molar-refractivity contribution in [3.8, 4) is 0 Å². The topological polar surface area (TPSA) is 307 Å². The quantitative estimate of drug-likeness (QED) is 0.0326. The number of hydrogen-bond donors (Lipinski definition) is 12. The van der Waals surface area contributed by atoms with E-state index in [2.05, 4.69) is 12.2 Å². The number of aliphatic hydroxyl groups excluding tert-OH is 11. The summed E-state index contributed by atoms with van der Waals surface area (Å²) >= 11 is 0. The number of amides is 1. The Kier molecular flexibility index (Phi) is 24.2. The van der Waals surface area contributed by atoms with Gasteiger partial charge < -0.3 is 89.9 Å². The van der Waals surface area contributed by atoms with Crippen molar-refractivity contribution in [2.24, 2.45) is 0 Å². The molecule has 0 saturated carbocycles. The number of aliphatic hydroxyl groups is 11. The Morgan fingerprint density at radius 1 is 0.593 bits per heavy atom. The number of rotatable bonds is 27. The first-order valence-electron chi connectivity index (χ1n) is 21.4. The first-order chi connectivity index (χ1) is 28.3. The lowest BCUT2D eigenvalue weighted by Gasteiger charge is -2.48. The summed E-state index contributed by atoms with van der Waals surface area (Å²) in [6.07, 6.45) is -8.23. The lowest BCUT2D eigenvalue weighted by molar-refractivity contribution is -0.379. The average molecular weight is 856 g/mol. The van der Waals surface area contributed by atoms with Gasteiger partial charge in [-0.1, -0.05) is 96.1 Å². The highest BCUT2D eigenvalue weighted by Crippen LogP contribution is 2.33. The Hall–Kier alpha value is -1.47. The predicted octanol–water partition coefficient (Wildman–Crippen LogP) is -1.65. The number of unbranched alkanes of at least 4 members (excludes halogenated alkanes) is 12. The van der Waals surface area contributed by atoms with Gasteiger partial charge in [0.2, 0.25) is 5.91 Å². The summed E-state index contributed by atoms with van der Waals surface area (Å²) in [6.45, 7) is 1.13. The fraction of sp³-hybridized carbons (Fsp3) is 0.925. The number of carbonyl (C=O) groups excluding carboxylic acids is 1. The van der Waals surface area contributed by atoms with Crippen molar-refractivity contribution in [3.63, 3.8) is 0 Å². The predicted molar refractivity (Wildman–Crippen MR) is 208 cm³/mol. The standard InChI is InChI=1S/C40H73NO18/c1-3-5-6-7-8-9-10-11-12-13-14-15-16-18-28(46)41-23(24(45)17-4-2)22-54-38-34(52)31(49)36(26(20-43)56-38)59-40-35(53)32(50)37(27(21-44)57-40)58-39-33(51)30(48)29(47)25(19-42)55-39/h4,17,23-27,29-40,42-45,47-53H,3,5-16,18-22H2,1-2H3,(H,41,46)/b17-4+/t23-,24+,25?,26?,27?,29-,30-,31+,32+,33?,34?,35?,36+,37-,38+,39+,40-/m0/s1. The van der Waals surface area contributed by atoms with Crippen molar-refractivity contribution < 1.29 is 89.4 Å². The minimum absolute atomic E-state index is 0.241. The number of ether oxygens (including phenoxy) is 6. The summed E-state index contributed by atoms with van der Waals surface area (Å²) in [7, 11) is 0. The monoisotopic (exact) mass is 855 g/mol. The van der Waals surface area contributed by atoms with Crippen LogP contribution in [0.1, 0.15) is 104 Å². The molecule has 3 saturated heterocycles. The Labute approximate surface area is 346 Å². The molecule has 19 heteroatoms. The highest BCUT2D eigenvalue weighted by molar-refractivity contribution is 5.76. The molecule has 346 valence electrons. The smallest absolute Gasteiger partial charge is 0.220 e. The molecule has 6 unspecified atom stereocenters. The number of nitrogens with one attached hydrogen (secondary N) is 1. The molecule has 3 fully saturated rings. The van der Waals surface area contributed by atoms with Gasteiger partial charge in [0.1, 0.15) is 73.2 Å². The van der Waals surface area contributed by atoms with Gasteiger partial charge in [0, 0.05) is 6.42 Å². The maximum absolute atomic E-state index is 12.8. The van der Waals surface area contributed by atoms with Crippen molar-refractivity contribution in [1.29, 1.82) is 0 Å². The van der Waals surface area contributed by atoms with Crippen LogP contribution in [0.5, 0.6) is 0 Å². The molecule has 17 atom stereocenters. The van der Waals surface area contributed by atoms with Crippen molar-refractivity contribution in [1.82, 2.24) is 5.32 Å². The van der Waals surface area contributed by atoms with E-state index in [-0.39, 0.29) is 18.9 Å². The van der Waals surface area contributed by atoms with Crippen LogP contribution in [-0.2, 0) is 33.2 Å². The van der Waals surface area contributed by atoms with Gasteiger partial charge >= 0.3 is 0 Å². The van der Waals surface area contributed by atoms with Gasteiger partial charge in [-0.15, -0.1) is 0 Å². The zero-order valence-corrected chi connectivity index (χ0v) is 34.5. The fourth-order valence-corrected chi connectivity index (χ4v) is 7.52. The van der Waals surface area contributed by atoms with E-state index in [0.29, 0.717) is 6.42 Å². The normalized spacial score (nSPS) is 36.5. The van der Waals surface area contributed by atoms with Gasteiger partial charge in [-0.25, -0.2) is 0 Å². The van der Waals surface area contributed by atoms with E-state index < -0.39 is 124 Å². The Morgan fingerprint density at radius 3 is 1.49 bits per heavy atom. The van der Waals surface area contributed by atoms with E-state index in [1.807, 2.05) is 0 Å². The molecule has 0 bridgehead atoms. The third kappa shape index (κ3) is 15.7. The molecule has 3 heterocycles. The number of allylic oxidation sites excluding steroid dienone is 1. The summed E-state index contributed by atoms with van der Waals surface area (Å²) in [5, 5.41) is 118. The largest absolute Gasteiger partial charge is 0.394 e. The highest BCUT2D eigenvalue weighted by Gasteiger charge is 2.53. The second-order valence-electron chi connectivity index (χ2n) is 15.8. The van der Waals surface area contributed by atoms with E-state index in [1.165, 1.54) is 63.9 Å². The molecular formula is C40H73NO18. The van der Waals surface area contributed by atoms with Crippen LogP contribution in [0.2, 0.25) is 0 Å². The Morgan fingerprint density at radius 2 is 1.02 bits per heavy atom. The maximum atomic E-state index is 12.8. The maximum Gasteiger partial charge on any atom is 0.220 e. The van der Waals surface area contributed by atoms with Crippen LogP contribution in [0.4, 0.5) is 0 Å². The second-order valence-corrected chi connectivity index (χ2v) is 15.8. The number of hydrogen-bond acceptors (Lipinski definition) is 18. The molecule has 0 aromatic heterocycles. The molecular weight excluding hydrogens is 782 g/mol. The first-order valence-corrected chi connectivity index (χ1v) is 21.4. The van der Waals surface area contributed by atoms with Crippen LogP contribution >= 0.6 is 0 Å². The molecule has 0 aromatic rings. The molecule has 59 heavy (non-hydrogen) atoms. The van der Waals surface area contributed by atoms with Crippen molar-refractivity contribution in [2.45, 2.75) is 208 Å². The average Bonchev–Trinajstić information content (AvgIpc) is 3.22. The van der Waals surface area contributed by atoms with Gasteiger partial charge in [-0.2, -0.15) is 0 Å². The lowest BCUT2D eigenvalue weighted by Crippen LogP contribution is -2.66. The van der Waals surface area contributed by atoms with E-state index in [0.717, 1.165) is 19.3 Å². The van der Waals surface area contributed by atoms with Crippen molar-refractivity contribution in [3.05, 3.63) is 12.2 Å². The summed E-state index contributed by atoms with van der Waals surface area (Å²) in [6, 6.07) is -0.962. The molecule has 19 nitrogen and oxygen atoms in total. The summed E-state index contributed by atoms with van der Waals surface area (Å²) in [5.74, 6) is -0.299. The minimum atomic E-state index is -1.97. The summed E-state index contributed by atoms with van der Waals surface area (Å²) in [5.41, 5.74) is 0. The SMILES string of the molecule is C/C=C/[C@@H](O)[C@H](CO[C@@H]1OC(CO)[C@@H](O[C@@H]2OC(CO)[C@H](O[C@H]3OC(CO)[C@H](O)[C@H](O)C3O)[C@H](O)C2O)[C@H](O)C1O)NC(=O)CCCCCCCCCCCCCCC. The zero-order chi connectivity index (χ0) is 43.5. The lowest BCUT2D eigenvalue weighted by atomic mass is 9.96. The van der Waals surface area contributed by atoms with Crippen LogP contribution in [0.25, 0.3) is 0 Å². The first kappa shape index (κ1) is 51.9. The third-order valence-electron chi connectivity index (χ3n) is 11.2. The third-order valence-corrected chi connectivity index (χ3v) is 11.2. The number of carbonyl (C=O) groups is 1. The summed E-state index contributed by atoms with van der Waals surface area (Å²) in [4.78, 5) is 12.8. The van der Waals surface area contributed by atoms with Crippen LogP contribution in [0.3, 0.4) is 0 Å². The molecule has 3 aliphatic rings. The Balaban J connectivity index is 1.49. The second kappa shape index (κ2) is 27.6. The van der Waals surface area contributed by atoms with Crippen molar-refractivity contribution in [2.75, 3.05) is 26.4 Å². The van der Waals surface area contributed by atoms with E-state index in [4.69, 9.17) is 28.4 Å². The minimum Gasteiger partial charge on any atom is -0.394 e. The Bertz CT molecular complexity index is 1170. The molecule has 0 aliphatic carbocycles. The molecule has 0 spiro atoms. The van der Waals surface area contributed by atoms with Crippen LogP contribution < -0.4 is 5.32 Å². The summed E-state index contributed by atoms with van der Waals surface area (Å²) < 4.78 is 33.6. The van der Waals surface area contributed by atoms with E-state index in [9.17, 15) is 61.0 Å². The van der Waals surface area contributed by atoms with E-state index in [1.54, 1.807) is 13.0 Å². The van der Waals surface area contributed by atoms with Gasteiger partial charge in [-0.3, -0.25) is 4.79 Å². The molecule has 1 amide bonds. The molecule has 12 N–H and O–H groups in total. The molecule has 3 aliphatic heterocycles. The van der Waals surface area contributed by atoms with Crippen LogP contribution in [0.15, 0.2) is 12.2 Å². The van der Waals surface area contributed by atoms with Gasteiger partial charge in [0.05, 0.1) is 38.6 Å². The molecule has 0 radical (unpaired) electrons.